The van der Waals surface area contributed by atoms with Crippen molar-refractivity contribution in [1.82, 2.24) is 4.98 Å². The monoisotopic (exact) mass is 148 g/mol. The topological polar surface area (TPSA) is 12.9 Å². The van der Waals surface area contributed by atoms with Crippen molar-refractivity contribution in [3.63, 3.8) is 0 Å². The second-order valence-electron chi connectivity index (χ2n) is 2.41. The van der Waals surface area contributed by atoms with Crippen molar-refractivity contribution < 1.29 is 0 Å². The number of hydrogen-bond acceptors (Lipinski definition) is 1. The Morgan fingerprint density at radius 1 is 1.30 bits per heavy atom. The molecule has 0 unspecified atom stereocenters. The zero-order valence-electron chi connectivity index (χ0n) is 6.41. The molecular formula is C8H11AlN. The van der Waals surface area contributed by atoms with Gasteiger partial charge in [-0.1, -0.05) is 19.9 Å². The minimum atomic E-state index is 0. The first-order valence-corrected chi connectivity index (χ1v) is 3.21. The number of nitrogens with zero attached hydrogens (tertiary/aromatic N) is 1. The van der Waals surface area contributed by atoms with Crippen LogP contribution >= 0.6 is 0 Å². The number of hydrogen-bond donors (Lipinski definition) is 0. The Morgan fingerprint density at radius 2 is 2.00 bits per heavy atom. The molecule has 0 saturated carbocycles. The normalized spacial score (nSPS) is 9.10. The fourth-order valence-electron chi connectivity index (χ4n) is 0.717. The van der Waals surface area contributed by atoms with E-state index in [1.54, 1.807) is 0 Å². The molecule has 0 saturated heterocycles. The van der Waals surface area contributed by atoms with E-state index >= 15 is 0 Å². The van der Waals surface area contributed by atoms with Gasteiger partial charge in [0.25, 0.3) is 0 Å². The summed E-state index contributed by atoms with van der Waals surface area (Å²) in [5.74, 6) is 0.547. The molecule has 1 aromatic heterocycles. The van der Waals surface area contributed by atoms with Crippen LogP contribution in [0.3, 0.4) is 0 Å². The van der Waals surface area contributed by atoms with Gasteiger partial charge in [0, 0.05) is 29.3 Å². The first-order valence-electron chi connectivity index (χ1n) is 3.21. The Bertz CT molecular complexity index is 172. The van der Waals surface area contributed by atoms with Crippen molar-refractivity contribution in [2.75, 3.05) is 0 Å². The molecule has 51 valence electrons. The van der Waals surface area contributed by atoms with Crippen LogP contribution in [0.2, 0.25) is 0 Å². The Morgan fingerprint density at radius 3 is 2.30 bits per heavy atom. The van der Waals surface area contributed by atoms with E-state index in [-0.39, 0.29) is 17.4 Å². The van der Waals surface area contributed by atoms with Gasteiger partial charge in [0.1, 0.15) is 0 Å². The van der Waals surface area contributed by atoms with Crippen LogP contribution in [-0.4, -0.2) is 22.3 Å². The summed E-state index contributed by atoms with van der Waals surface area (Å²) >= 11 is 0. The minimum Gasteiger partial charge on any atom is -0.261 e. The highest BCUT2D eigenvalue weighted by atomic mass is 27.0. The first-order chi connectivity index (χ1) is 4.30. The van der Waals surface area contributed by atoms with Crippen LogP contribution < -0.4 is 0 Å². The maximum absolute atomic E-state index is 4.18. The third-order valence-electron chi connectivity index (χ3n) is 1.28. The summed E-state index contributed by atoms with van der Waals surface area (Å²) in [6.07, 6.45) is 1.83. The summed E-state index contributed by atoms with van der Waals surface area (Å²) in [6.45, 7) is 4.28. The first kappa shape index (κ1) is 9.68. The number of rotatable bonds is 1. The third-order valence-corrected chi connectivity index (χ3v) is 1.28. The minimum absolute atomic E-state index is 0. The predicted octanol–water partition coefficient (Wildman–Crippen LogP) is 1.82. The van der Waals surface area contributed by atoms with Crippen molar-refractivity contribution in [3.8, 4) is 0 Å². The van der Waals surface area contributed by atoms with Crippen LogP contribution in [0, 0.1) is 0 Å². The van der Waals surface area contributed by atoms with Crippen molar-refractivity contribution in [3.05, 3.63) is 30.1 Å². The van der Waals surface area contributed by atoms with Crippen LogP contribution in [0.25, 0.3) is 0 Å². The van der Waals surface area contributed by atoms with E-state index in [9.17, 15) is 0 Å². The molecule has 1 aromatic rings. The number of pyridine rings is 1. The van der Waals surface area contributed by atoms with Gasteiger partial charge < -0.3 is 0 Å². The molecule has 0 amide bonds. The molecule has 0 aromatic carbocycles. The molecule has 0 aliphatic heterocycles. The van der Waals surface area contributed by atoms with Crippen LogP contribution in [0.15, 0.2) is 24.4 Å². The van der Waals surface area contributed by atoms with Crippen molar-refractivity contribution in [2.24, 2.45) is 0 Å². The Labute approximate surface area is 72.6 Å². The van der Waals surface area contributed by atoms with Gasteiger partial charge in [0.2, 0.25) is 0 Å². The lowest BCUT2D eigenvalue weighted by Gasteiger charge is -2.00. The Kier molecular flexibility index (Phi) is 4.35. The lowest BCUT2D eigenvalue weighted by molar-refractivity contribution is 0.823. The molecule has 0 atom stereocenters. The van der Waals surface area contributed by atoms with Gasteiger partial charge in [-0.05, 0) is 18.1 Å². The van der Waals surface area contributed by atoms with E-state index in [4.69, 9.17) is 0 Å². The quantitative estimate of drug-likeness (QED) is 0.553. The highest BCUT2D eigenvalue weighted by molar-refractivity contribution is 5.75. The largest absolute Gasteiger partial charge is 0.261 e. The van der Waals surface area contributed by atoms with E-state index in [1.165, 1.54) is 0 Å². The molecule has 0 fully saturated rings. The average molecular weight is 148 g/mol. The van der Waals surface area contributed by atoms with Crippen LogP contribution in [-0.2, 0) is 0 Å². The molecule has 1 heterocycles. The molecular weight excluding hydrogens is 137 g/mol. The maximum Gasteiger partial charge on any atom is 0.0428 e. The van der Waals surface area contributed by atoms with E-state index in [2.05, 4.69) is 18.8 Å². The van der Waals surface area contributed by atoms with Crippen LogP contribution in [0.4, 0.5) is 0 Å². The molecule has 3 radical (unpaired) electrons. The second-order valence-corrected chi connectivity index (χ2v) is 2.41. The highest BCUT2D eigenvalue weighted by Gasteiger charge is 1.95. The van der Waals surface area contributed by atoms with Crippen LogP contribution in [0.5, 0.6) is 0 Å². The molecule has 0 spiro atoms. The summed E-state index contributed by atoms with van der Waals surface area (Å²) in [4.78, 5) is 4.18. The molecule has 0 bridgehead atoms. The van der Waals surface area contributed by atoms with E-state index in [0.29, 0.717) is 5.92 Å². The zero-order valence-corrected chi connectivity index (χ0v) is 7.57. The fourth-order valence-corrected chi connectivity index (χ4v) is 0.717. The Hall–Kier alpha value is -0.318. The standard InChI is InChI=1S/C8H11N.Al/c1-7(2)8-5-3-4-6-9-8;/h3-7H,1-2H3;. The molecule has 2 heteroatoms. The maximum atomic E-state index is 4.18. The van der Waals surface area contributed by atoms with Gasteiger partial charge in [0.05, 0.1) is 0 Å². The molecule has 1 nitrogen and oxygen atoms in total. The lowest BCUT2D eigenvalue weighted by atomic mass is 10.1. The predicted molar refractivity (Wildman–Crippen MR) is 44.1 cm³/mol. The molecule has 0 N–H and O–H groups in total. The lowest BCUT2D eigenvalue weighted by Crippen LogP contribution is -1.88. The zero-order chi connectivity index (χ0) is 6.69. The second kappa shape index (κ2) is 4.49. The summed E-state index contributed by atoms with van der Waals surface area (Å²) < 4.78 is 0. The molecule has 0 aliphatic carbocycles. The van der Waals surface area contributed by atoms with Crippen LogP contribution in [0.1, 0.15) is 25.5 Å². The summed E-state index contributed by atoms with van der Waals surface area (Å²) in [5.41, 5.74) is 1.16. The van der Waals surface area contributed by atoms with Crippen molar-refractivity contribution in [2.45, 2.75) is 19.8 Å². The van der Waals surface area contributed by atoms with Gasteiger partial charge in [-0.25, -0.2) is 0 Å². The molecule has 0 aliphatic rings. The number of aromatic nitrogens is 1. The highest BCUT2D eigenvalue weighted by Crippen LogP contribution is 2.08. The van der Waals surface area contributed by atoms with E-state index < -0.39 is 0 Å². The molecule has 1 rings (SSSR count). The molecule has 10 heavy (non-hydrogen) atoms. The van der Waals surface area contributed by atoms with Gasteiger partial charge in [0.15, 0.2) is 0 Å². The van der Waals surface area contributed by atoms with Gasteiger partial charge in [-0.15, -0.1) is 0 Å². The van der Waals surface area contributed by atoms with E-state index in [1.807, 2.05) is 24.4 Å². The summed E-state index contributed by atoms with van der Waals surface area (Å²) in [6, 6.07) is 6.00. The Balaban J connectivity index is 0.000000810. The van der Waals surface area contributed by atoms with Gasteiger partial charge in [-0.2, -0.15) is 0 Å². The SMILES string of the molecule is CC(C)c1ccccn1.[Al]. The van der Waals surface area contributed by atoms with E-state index in [0.717, 1.165) is 5.69 Å². The fraction of sp³-hybridized carbons (Fsp3) is 0.375. The van der Waals surface area contributed by atoms with Crippen molar-refractivity contribution >= 4 is 17.4 Å². The van der Waals surface area contributed by atoms with Gasteiger partial charge >= 0.3 is 0 Å². The van der Waals surface area contributed by atoms with Gasteiger partial charge in [-0.3, -0.25) is 4.98 Å². The smallest absolute Gasteiger partial charge is 0.0428 e. The summed E-state index contributed by atoms with van der Waals surface area (Å²) in [7, 11) is 0. The average Bonchev–Trinajstić information content (AvgIpc) is 1.90. The van der Waals surface area contributed by atoms with Crippen molar-refractivity contribution in [1.29, 1.82) is 0 Å². The summed E-state index contributed by atoms with van der Waals surface area (Å²) in [5, 5.41) is 0. The third kappa shape index (κ3) is 2.51.